The lowest BCUT2D eigenvalue weighted by Gasteiger charge is -2.28. The number of carbonyl (C=O) groups is 1. The van der Waals surface area contributed by atoms with E-state index in [0.717, 1.165) is 49.1 Å². The molecule has 1 unspecified atom stereocenters. The van der Waals surface area contributed by atoms with E-state index in [4.69, 9.17) is 5.73 Å². The van der Waals surface area contributed by atoms with E-state index in [9.17, 15) is 13.6 Å². The van der Waals surface area contributed by atoms with Gasteiger partial charge in [-0.15, -0.1) is 24.2 Å². The van der Waals surface area contributed by atoms with Crippen LogP contribution in [0.2, 0.25) is 0 Å². The minimum Gasteiger partial charge on any atom is -0.352 e. The smallest absolute Gasteiger partial charge is 0.238 e. The maximum absolute atomic E-state index is 14.1. The Balaban J connectivity index is 0.00000261. The molecule has 1 saturated carbocycles. The molecule has 2 aromatic carbocycles. The third kappa shape index (κ3) is 5.92. The second kappa shape index (κ2) is 10.1. The molecule has 3 nitrogen and oxygen atoms in total. The number of thioether (sulfide) groups is 1. The van der Waals surface area contributed by atoms with Gasteiger partial charge in [-0.1, -0.05) is 30.3 Å². The molecule has 1 fully saturated rings. The molecule has 0 heterocycles. The van der Waals surface area contributed by atoms with E-state index in [0.29, 0.717) is 0 Å². The summed E-state index contributed by atoms with van der Waals surface area (Å²) in [6.45, 7) is 0. The molecule has 0 saturated heterocycles. The predicted octanol–water partition coefficient (Wildman–Crippen LogP) is 4.61. The van der Waals surface area contributed by atoms with Crippen LogP contribution in [-0.2, 0) is 4.79 Å². The molecule has 0 spiro atoms. The first-order chi connectivity index (χ1) is 12.5. The van der Waals surface area contributed by atoms with Crippen molar-refractivity contribution < 1.29 is 13.6 Å². The van der Waals surface area contributed by atoms with Gasteiger partial charge in [-0.25, -0.2) is 8.78 Å². The first-order valence-corrected chi connectivity index (χ1v) is 9.63. The van der Waals surface area contributed by atoms with E-state index < -0.39 is 16.9 Å². The topological polar surface area (TPSA) is 55.1 Å². The average Bonchev–Trinajstić information content (AvgIpc) is 2.63. The van der Waals surface area contributed by atoms with Crippen LogP contribution in [-0.4, -0.2) is 18.0 Å². The minimum absolute atomic E-state index is 0. The molecule has 1 aliphatic carbocycles. The molecule has 1 atom stereocenters. The van der Waals surface area contributed by atoms with Gasteiger partial charge in [0.25, 0.3) is 0 Å². The largest absolute Gasteiger partial charge is 0.352 e. The molecule has 3 N–H and O–H groups in total. The summed E-state index contributed by atoms with van der Waals surface area (Å²) in [6.07, 6.45) is 3.48. The number of benzene rings is 2. The molecular weight excluding hydrogens is 390 g/mol. The van der Waals surface area contributed by atoms with Crippen molar-refractivity contribution in [2.75, 3.05) is 0 Å². The van der Waals surface area contributed by atoms with Crippen LogP contribution >= 0.6 is 24.2 Å². The van der Waals surface area contributed by atoms with Crippen molar-refractivity contribution in [3.63, 3.8) is 0 Å². The highest BCUT2D eigenvalue weighted by molar-refractivity contribution is 8.00. The standard InChI is InChI=1S/C20H22F2N2OS.ClH/c21-14-6-11-18(17(22)12-14)26-19(13-4-2-1-3-5-13)20(25)24-16-9-7-15(23)8-10-16;/h1-6,11-12,15-16,19H,7-10,23H2,(H,24,25);1H. The van der Waals surface area contributed by atoms with Crippen molar-refractivity contribution in [1.29, 1.82) is 0 Å². The first kappa shape index (κ1) is 21.7. The molecule has 146 valence electrons. The molecule has 0 bridgehead atoms. The highest BCUT2D eigenvalue weighted by Gasteiger charge is 2.27. The van der Waals surface area contributed by atoms with Crippen LogP contribution in [0.5, 0.6) is 0 Å². The highest BCUT2D eigenvalue weighted by Crippen LogP contribution is 2.37. The Bertz CT molecular complexity index is 755. The Labute approximate surface area is 168 Å². The number of rotatable bonds is 5. The molecular formula is C20H23ClF2N2OS. The van der Waals surface area contributed by atoms with E-state index >= 15 is 0 Å². The molecule has 2 aromatic rings. The van der Waals surface area contributed by atoms with E-state index in [2.05, 4.69) is 5.32 Å². The normalized spacial score (nSPS) is 20.4. The maximum atomic E-state index is 14.1. The number of halogens is 3. The summed E-state index contributed by atoms with van der Waals surface area (Å²) in [5, 5.41) is 2.47. The Kier molecular flexibility index (Phi) is 8.07. The summed E-state index contributed by atoms with van der Waals surface area (Å²) >= 11 is 1.10. The van der Waals surface area contributed by atoms with Crippen LogP contribution in [0.1, 0.15) is 36.5 Å². The summed E-state index contributed by atoms with van der Waals surface area (Å²) in [6, 6.07) is 12.9. The van der Waals surface area contributed by atoms with Crippen molar-refractivity contribution >= 4 is 30.1 Å². The molecule has 7 heteroatoms. The number of carbonyl (C=O) groups excluding carboxylic acids is 1. The lowest BCUT2D eigenvalue weighted by atomic mass is 9.91. The number of amides is 1. The Morgan fingerprint density at radius 3 is 2.37 bits per heavy atom. The van der Waals surface area contributed by atoms with E-state index in [-0.39, 0.29) is 35.3 Å². The summed E-state index contributed by atoms with van der Waals surface area (Å²) in [5.41, 5.74) is 6.70. The van der Waals surface area contributed by atoms with Gasteiger partial charge >= 0.3 is 0 Å². The first-order valence-electron chi connectivity index (χ1n) is 8.75. The van der Waals surface area contributed by atoms with E-state index in [1.54, 1.807) is 0 Å². The van der Waals surface area contributed by atoms with Crippen molar-refractivity contribution in [2.45, 2.75) is 47.9 Å². The third-order valence-electron chi connectivity index (χ3n) is 4.60. The third-order valence-corrected chi connectivity index (χ3v) is 5.90. The van der Waals surface area contributed by atoms with E-state index in [1.807, 2.05) is 30.3 Å². The lowest BCUT2D eigenvalue weighted by molar-refractivity contribution is -0.121. The molecule has 27 heavy (non-hydrogen) atoms. The van der Waals surface area contributed by atoms with Crippen LogP contribution in [0.4, 0.5) is 8.78 Å². The second-order valence-corrected chi connectivity index (χ2v) is 7.75. The van der Waals surface area contributed by atoms with Gasteiger partial charge in [-0.05, 0) is 43.4 Å². The van der Waals surface area contributed by atoms with Gasteiger partial charge in [-0.3, -0.25) is 4.79 Å². The number of hydrogen-bond acceptors (Lipinski definition) is 3. The fourth-order valence-electron chi connectivity index (χ4n) is 3.14. The van der Waals surface area contributed by atoms with Gasteiger partial charge in [-0.2, -0.15) is 0 Å². The Hall–Kier alpha value is -1.63. The summed E-state index contributed by atoms with van der Waals surface area (Å²) in [7, 11) is 0. The zero-order valence-electron chi connectivity index (χ0n) is 14.7. The average molecular weight is 413 g/mol. The Morgan fingerprint density at radius 2 is 1.74 bits per heavy atom. The molecule has 0 radical (unpaired) electrons. The van der Waals surface area contributed by atoms with Crippen LogP contribution in [0.3, 0.4) is 0 Å². The molecule has 0 aromatic heterocycles. The van der Waals surface area contributed by atoms with Crippen LogP contribution in [0.15, 0.2) is 53.4 Å². The predicted molar refractivity (Wildman–Crippen MR) is 107 cm³/mol. The van der Waals surface area contributed by atoms with Gasteiger partial charge in [0.05, 0.1) is 0 Å². The number of hydrogen-bond donors (Lipinski definition) is 2. The van der Waals surface area contributed by atoms with Crippen LogP contribution in [0, 0.1) is 11.6 Å². The Morgan fingerprint density at radius 1 is 1.07 bits per heavy atom. The molecule has 0 aliphatic heterocycles. The quantitative estimate of drug-likeness (QED) is 0.705. The summed E-state index contributed by atoms with van der Waals surface area (Å²) in [5.74, 6) is -1.45. The second-order valence-electron chi connectivity index (χ2n) is 6.60. The molecule has 3 rings (SSSR count). The number of nitrogens with one attached hydrogen (secondary N) is 1. The van der Waals surface area contributed by atoms with Gasteiger partial charge in [0.2, 0.25) is 5.91 Å². The fourth-order valence-corrected chi connectivity index (χ4v) is 4.18. The zero-order valence-corrected chi connectivity index (χ0v) is 16.4. The SMILES string of the molecule is Cl.NC1CCC(NC(=O)C(Sc2ccc(F)cc2F)c2ccccc2)CC1. The maximum Gasteiger partial charge on any atom is 0.238 e. The minimum atomic E-state index is -0.660. The van der Waals surface area contributed by atoms with Gasteiger partial charge < -0.3 is 11.1 Å². The summed E-state index contributed by atoms with van der Waals surface area (Å²) in [4.78, 5) is 13.2. The monoisotopic (exact) mass is 412 g/mol. The van der Waals surface area contributed by atoms with Crippen LogP contribution < -0.4 is 11.1 Å². The highest BCUT2D eigenvalue weighted by atomic mass is 35.5. The van der Waals surface area contributed by atoms with Gasteiger partial charge in [0, 0.05) is 23.0 Å². The molecule has 1 aliphatic rings. The van der Waals surface area contributed by atoms with Gasteiger partial charge in [0.15, 0.2) is 0 Å². The number of nitrogens with two attached hydrogens (primary N) is 1. The van der Waals surface area contributed by atoms with Crippen molar-refractivity contribution in [2.24, 2.45) is 5.73 Å². The zero-order chi connectivity index (χ0) is 18.5. The van der Waals surface area contributed by atoms with Gasteiger partial charge in [0.1, 0.15) is 16.9 Å². The van der Waals surface area contributed by atoms with E-state index in [1.165, 1.54) is 12.1 Å². The van der Waals surface area contributed by atoms with Crippen molar-refractivity contribution in [1.82, 2.24) is 5.32 Å². The molecule has 1 amide bonds. The fraction of sp³-hybridized carbons (Fsp3) is 0.350. The van der Waals surface area contributed by atoms with Crippen LogP contribution in [0.25, 0.3) is 0 Å². The lowest BCUT2D eigenvalue weighted by Crippen LogP contribution is -2.42. The van der Waals surface area contributed by atoms with Crippen molar-refractivity contribution in [3.05, 3.63) is 65.7 Å². The summed E-state index contributed by atoms with van der Waals surface area (Å²) < 4.78 is 27.3. The van der Waals surface area contributed by atoms with Crippen molar-refractivity contribution in [3.8, 4) is 0 Å².